The molecule has 0 bridgehead atoms. The van der Waals surface area contributed by atoms with E-state index in [4.69, 9.17) is 18.5 Å². The number of phosphoric acid groups is 1. The van der Waals surface area contributed by atoms with Crippen molar-refractivity contribution in [2.45, 2.75) is 161 Å². The normalized spacial score (nSPS) is 14.9. The van der Waals surface area contributed by atoms with Crippen molar-refractivity contribution in [2.75, 3.05) is 47.5 Å². The van der Waals surface area contributed by atoms with Crippen LogP contribution in [0.1, 0.15) is 149 Å². The van der Waals surface area contributed by atoms with E-state index < -0.39 is 38.6 Å². The Balaban J connectivity index is 4.63. The van der Waals surface area contributed by atoms with Gasteiger partial charge in [0.25, 0.3) is 7.82 Å². The van der Waals surface area contributed by atoms with Gasteiger partial charge in [-0.1, -0.05) is 150 Å². The van der Waals surface area contributed by atoms with Gasteiger partial charge < -0.3 is 33.0 Å². The molecule has 2 unspecified atom stereocenters. The summed E-state index contributed by atoms with van der Waals surface area (Å²) in [6, 6.07) is 0. The molecule has 0 aliphatic rings. The molecule has 0 aromatic carbocycles. The van der Waals surface area contributed by atoms with E-state index in [2.05, 4.69) is 74.6 Å². The molecule has 0 rings (SSSR count). The number of hydrogen-bond acceptors (Lipinski definition) is 9. The van der Waals surface area contributed by atoms with Gasteiger partial charge in [-0.15, -0.1) is 0 Å². The molecule has 0 aliphatic heterocycles. The zero-order chi connectivity index (χ0) is 43.7. The molecule has 10 nitrogen and oxygen atoms in total. The third-order valence-corrected chi connectivity index (χ3v) is 9.98. The Morgan fingerprint density at radius 2 is 1.19 bits per heavy atom. The monoisotopic (exact) mass is 848 g/mol. The van der Waals surface area contributed by atoms with Crippen molar-refractivity contribution < 1.29 is 47.2 Å². The van der Waals surface area contributed by atoms with E-state index in [0.29, 0.717) is 17.4 Å². The average molecular weight is 848 g/mol. The van der Waals surface area contributed by atoms with Crippen LogP contribution in [0.15, 0.2) is 85.1 Å². The van der Waals surface area contributed by atoms with Gasteiger partial charge in [0.15, 0.2) is 6.10 Å². The van der Waals surface area contributed by atoms with Crippen LogP contribution in [-0.4, -0.2) is 81.2 Å². The summed E-state index contributed by atoms with van der Waals surface area (Å²) >= 11 is 0. The van der Waals surface area contributed by atoms with Crippen molar-refractivity contribution in [2.24, 2.45) is 0 Å². The fourth-order valence-electron chi connectivity index (χ4n) is 5.46. The van der Waals surface area contributed by atoms with Gasteiger partial charge in [0.2, 0.25) is 0 Å². The molecular formula is C48H82NO9P. The molecule has 338 valence electrons. The summed E-state index contributed by atoms with van der Waals surface area (Å²) in [5, 5.41) is 10.4. The van der Waals surface area contributed by atoms with Crippen molar-refractivity contribution in [3.63, 3.8) is 0 Å². The minimum Gasteiger partial charge on any atom is -0.756 e. The molecule has 11 heteroatoms. The molecular weight excluding hydrogens is 766 g/mol. The number of carbonyl (C=O) groups excluding carboxylic acids is 2. The van der Waals surface area contributed by atoms with Crippen molar-refractivity contribution in [3.05, 3.63) is 85.1 Å². The summed E-state index contributed by atoms with van der Waals surface area (Å²) in [7, 11) is 1.00. The summed E-state index contributed by atoms with van der Waals surface area (Å²) in [4.78, 5) is 37.6. The Labute approximate surface area is 359 Å². The molecule has 0 aliphatic carbocycles. The van der Waals surface area contributed by atoms with E-state index in [0.717, 1.165) is 70.6 Å². The lowest BCUT2D eigenvalue weighted by Crippen LogP contribution is -2.37. The molecule has 0 fully saturated rings. The zero-order valence-corrected chi connectivity index (χ0v) is 38.4. The van der Waals surface area contributed by atoms with Gasteiger partial charge in [-0.2, -0.15) is 0 Å². The van der Waals surface area contributed by atoms with E-state index in [-0.39, 0.29) is 32.5 Å². The number of hydrogen-bond donors (Lipinski definition) is 1. The van der Waals surface area contributed by atoms with Crippen LogP contribution in [0.3, 0.4) is 0 Å². The Morgan fingerprint density at radius 3 is 1.76 bits per heavy atom. The smallest absolute Gasteiger partial charge is 0.306 e. The fourth-order valence-corrected chi connectivity index (χ4v) is 6.19. The highest BCUT2D eigenvalue weighted by atomic mass is 31.2. The highest BCUT2D eigenvalue weighted by Gasteiger charge is 2.22. The lowest BCUT2D eigenvalue weighted by molar-refractivity contribution is -0.870. The van der Waals surface area contributed by atoms with Gasteiger partial charge in [0, 0.05) is 12.8 Å². The number of allylic oxidation sites excluding steroid dienone is 13. The van der Waals surface area contributed by atoms with Crippen LogP contribution in [0.25, 0.3) is 0 Å². The van der Waals surface area contributed by atoms with Gasteiger partial charge >= 0.3 is 11.9 Å². The average Bonchev–Trinajstić information content (AvgIpc) is 3.18. The lowest BCUT2D eigenvalue weighted by atomic mass is 10.1. The highest BCUT2D eigenvalue weighted by molar-refractivity contribution is 7.45. The van der Waals surface area contributed by atoms with Gasteiger partial charge in [0.1, 0.15) is 19.8 Å². The molecule has 59 heavy (non-hydrogen) atoms. The third-order valence-electron chi connectivity index (χ3n) is 9.02. The summed E-state index contributed by atoms with van der Waals surface area (Å²) in [6.07, 6.45) is 46.6. The van der Waals surface area contributed by atoms with Gasteiger partial charge in [-0.05, 0) is 70.6 Å². The van der Waals surface area contributed by atoms with Crippen LogP contribution in [0, 0.1) is 0 Å². The first kappa shape index (κ1) is 56.1. The predicted molar refractivity (Wildman–Crippen MR) is 242 cm³/mol. The van der Waals surface area contributed by atoms with Crippen molar-refractivity contribution in [1.29, 1.82) is 0 Å². The second-order valence-electron chi connectivity index (χ2n) is 15.9. The maximum Gasteiger partial charge on any atom is 0.306 e. The number of nitrogens with zero attached hydrogens (tertiary/aromatic N) is 1. The van der Waals surface area contributed by atoms with Crippen LogP contribution in [-0.2, 0) is 32.7 Å². The summed E-state index contributed by atoms with van der Waals surface area (Å²) in [5.74, 6) is -1.13. The molecule has 0 saturated heterocycles. The largest absolute Gasteiger partial charge is 0.756 e. The number of rotatable bonds is 39. The van der Waals surface area contributed by atoms with E-state index in [1.54, 1.807) is 12.2 Å². The number of carbonyl (C=O) groups is 2. The van der Waals surface area contributed by atoms with Crippen LogP contribution in [0.4, 0.5) is 0 Å². The number of aliphatic hydroxyl groups excluding tert-OH is 1. The Kier molecular flexibility index (Phi) is 37.4. The molecule has 0 heterocycles. The van der Waals surface area contributed by atoms with Crippen LogP contribution in [0.2, 0.25) is 0 Å². The zero-order valence-electron chi connectivity index (χ0n) is 37.5. The molecule has 0 aromatic heterocycles. The molecule has 0 amide bonds. The second kappa shape index (κ2) is 39.3. The molecule has 0 aromatic rings. The third kappa shape index (κ3) is 43.1. The van der Waals surface area contributed by atoms with Gasteiger partial charge in [-0.3, -0.25) is 14.2 Å². The maximum atomic E-state index is 12.7. The number of aliphatic hydroxyl groups is 1. The van der Waals surface area contributed by atoms with Gasteiger partial charge in [0.05, 0.1) is 33.9 Å². The lowest BCUT2D eigenvalue weighted by Gasteiger charge is -2.28. The molecule has 0 spiro atoms. The summed E-state index contributed by atoms with van der Waals surface area (Å²) in [6.45, 7) is 3.80. The number of esters is 2. The van der Waals surface area contributed by atoms with Gasteiger partial charge in [-0.25, -0.2) is 0 Å². The molecule has 0 saturated carbocycles. The second-order valence-corrected chi connectivity index (χ2v) is 17.3. The van der Waals surface area contributed by atoms with E-state index >= 15 is 0 Å². The minimum atomic E-state index is -4.70. The van der Waals surface area contributed by atoms with Crippen molar-refractivity contribution >= 4 is 19.8 Å². The Hall–Kier alpha value is -2.85. The molecule has 0 radical (unpaired) electrons. The van der Waals surface area contributed by atoms with Crippen molar-refractivity contribution in [3.8, 4) is 0 Å². The van der Waals surface area contributed by atoms with Crippen molar-refractivity contribution in [1.82, 2.24) is 0 Å². The summed E-state index contributed by atoms with van der Waals surface area (Å²) in [5.41, 5.74) is 0. The standard InChI is InChI=1S/C48H82NO9P/c1-6-8-10-12-14-16-18-20-22-24-25-27-29-31-33-35-37-45(50)39-40-48(52)58-46(44-57-59(53,54)56-42-41-49(3,4)5)43-55-47(51)38-36-34-32-30-28-26-23-21-19-17-15-13-11-9-7-2/h8,10,14,16,20-23,25,27,31,33,35,37,45-46,50H,6-7,9,11-13,15,17-19,24,26,28-30,32,34,36,38-44H2,1-5H3/b10-8-,16-14-,22-20-,23-21-,27-25-,33-31-,37-35-/t45?,46-/m1/s1. The molecule has 3 atom stereocenters. The summed E-state index contributed by atoms with van der Waals surface area (Å²) < 4.78 is 33.7. The topological polar surface area (TPSA) is 131 Å². The first-order valence-electron chi connectivity index (χ1n) is 22.4. The predicted octanol–water partition coefficient (Wildman–Crippen LogP) is 11.1. The quantitative estimate of drug-likeness (QED) is 0.0160. The Bertz CT molecular complexity index is 1300. The van der Waals surface area contributed by atoms with E-state index in [1.165, 1.54) is 38.5 Å². The van der Waals surface area contributed by atoms with E-state index in [9.17, 15) is 24.2 Å². The number of unbranched alkanes of at least 4 members (excludes halogenated alkanes) is 11. The number of quaternary nitrogens is 1. The molecule has 1 N–H and O–H groups in total. The number of ether oxygens (including phenoxy) is 2. The minimum absolute atomic E-state index is 0.0787. The van der Waals surface area contributed by atoms with Crippen LogP contribution in [0.5, 0.6) is 0 Å². The first-order valence-corrected chi connectivity index (χ1v) is 23.9. The number of likely N-dealkylation sites (N-methyl/N-ethyl adjacent to an activating group) is 1. The fraction of sp³-hybridized carbons (Fsp3) is 0.667. The SMILES string of the molecule is CC/C=C\C/C=C\C/C=C\C/C=C\C/C=C\C=C/C(O)CCC(=O)O[C@H](COC(=O)CCCCCCC/C=C\CCCCCCCC)COP(=O)([O-])OCC[N+](C)(C)C. The first-order chi connectivity index (χ1) is 28.4. The van der Waals surface area contributed by atoms with Crippen LogP contribution >= 0.6 is 7.82 Å². The highest BCUT2D eigenvalue weighted by Crippen LogP contribution is 2.38. The Morgan fingerprint density at radius 1 is 0.644 bits per heavy atom. The van der Waals surface area contributed by atoms with Crippen LogP contribution < -0.4 is 4.89 Å². The van der Waals surface area contributed by atoms with E-state index in [1.807, 2.05) is 33.3 Å². The number of phosphoric ester groups is 1. The maximum absolute atomic E-state index is 12.7.